The van der Waals surface area contributed by atoms with Crippen LogP contribution in [0.2, 0.25) is 0 Å². The molecule has 0 saturated carbocycles. The highest BCUT2D eigenvalue weighted by Gasteiger charge is 2.11. The van der Waals surface area contributed by atoms with E-state index in [0.717, 1.165) is 17.8 Å². The van der Waals surface area contributed by atoms with Crippen molar-refractivity contribution in [2.24, 2.45) is 5.73 Å². The van der Waals surface area contributed by atoms with Gasteiger partial charge in [0.2, 0.25) is 0 Å². The second-order valence-electron chi connectivity index (χ2n) is 3.43. The molecule has 0 aliphatic heterocycles. The SMILES string of the molecule is CCc1nnn(-c2cccc(F)c2)c1CN. The summed E-state index contributed by atoms with van der Waals surface area (Å²) in [6.07, 6.45) is 0.766. The number of halogens is 1. The van der Waals surface area contributed by atoms with Crippen LogP contribution in [0.4, 0.5) is 4.39 Å². The molecule has 0 unspecified atom stereocenters. The first-order chi connectivity index (χ1) is 7.76. The number of benzene rings is 1. The third kappa shape index (κ3) is 1.81. The maximum absolute atomic E-state index is 13.1. The van der Waals surface area contributed by atoms with Crippen LogP contribution in [0.1, 0.15) is 18.3 Å². The summed E-state index contributed by atoms with van der Waals surface area (Å²) in [5.41, 5.74) is 7.98. The lowest BCUT2D eigenvalue weighted by atomic mass is 10.2. The molecule has 0 fully saturated rings. The normalized spacial score (nSPS) is 10.7. The molecule has 4 nitrogen and oxygen atoms in total. The number of nitrogens with two attached hydrogens (primary N) is 1. The monoisotopic (exact) mass is 220 g/mol. The van der Waals surface area contributed by atoms with Crippen molar-refractivity contribution in [1.82, 2.24) is 15.0 Å². The van der Waals surface area contributed by atoms with E-state index < -0.39 is 0 Å². The van der Waals surface area contributed by atoms with Crippen molar-refractivity contribution in [3.05, 3.63) is 41.5 Å². The summed E-state index contributed by atoms with van der Waals surface area (Å²) < 4.78 is 14.7. The minimum atomic E-state index is -0.297. The summed E-state index contributed by atoms with van der Waals surface area (Å²) in [6.45, 7) is 2.33. The van der Waals surface area contributed by atoms with E-state index in [2.05, 4.69) is 10.3 Å². The molecule has 0 bridgehead atoms. The zero-order chi connectivity index (χ0) is 11.5. The number of hydrogen-bond donors (Lipinski definition) is 1. The fraction of sp³-hybridized carbons (Fsp3) is 0.273. The van der Waals surface area contributed by atoms with E-state index in [-0.39, 0.29) is 5.82 Å². The van der Waals surface area contributed by atoms with Crippen LogP contribution in [0.5, 0.6) is 0 Å². The summed E-state index contributed by atoms with van der Waals surface area (Å²) in [7, 11) is 0. The number of aryl methyl sites for hydroxylation is 1. The van der Waals surface area contributed by atoms with Gasteiger partial charge in [0.1, 0.15) is 5.82 Å². The maximum Gasteiger partial charge on any atom is 0.125 e. The predicted molar refractivity (Wildman–Crippen MR) is 58.6 cm³/mol. The van der Waals surface area contributed by atoms with E-state index in [1.54, 1.807) is 16.8 Å². The van der Waals surface area contributed by atoms with E-state index >= 15 is 0 Å². The summed E-state index contributed by atoms with van der Waals surface area (Å²) >= 11 is 0. The Bertz CT molecular complexity index is 492. The van der Waals surface area contributed by atoms with Crippen LogP contribution < -0.4 is 5.73 Å². The largest absolute Gasteiger partial charge is 0.325 e. The van der Waals surface area contributed by atoms with Gasteiger partial charge in [-0.15, -0.1) is 5.10 Å². The van der Waals surface area contributed by atoms with Crippen LogP contribution in [0, 0.1) is 5.82 Å². The van der Waals surface area contributed by atoms with E-state index in [1.165, 1.54) is 12.1 Å². The molecule has 5 heteroatoms. The van der Waals surface area contributed by atoms with E-state index in [1.807, 2.05) is 6.92 Å². The Morgan fingerprint density at radius 1 is 1.44 bits per heavy atom. The van der Waals surface area contributed by atoms with Crippen LogP contribution in [-0.4, -0.2) is 15.0 Å². The number of hydrogen-bond acceptors (Lipinski definition) is 3. The van der Waals surface area contributed by atoms with Crippen molar-refractivity contribution in [3.8, 4) is 5.69 Å². The number of rotatable bonds is 3. The Labute approximate surface area is 92.9 Å². The number of nitrogens with zero attached hydrogens (tertiary/aromatic N) is 3. The quantitative estimate of drug-likeness (QED) is 0.851. The van der Waals surface area contributed by atoms with Crippen molar-refractivity contribution in [2.75, 3.05) is 0 Å². The second-order valence-corrected chi connectivity index (χ2v) is 3.43. The van der Waals surface area contributed by atoms with Crippen LogP contribution >= 0.6 is 0 Å². The Hall–Kier alpha value is -1.75. The van der Waals surface area contributed by atoms with Crippen LogP contribution in [-0.2, 0) is 13.0 Å². The summed E-state index contributed by atoms with van der Waals surface area (Å²) in [4.78, 5) is 0. The standard InChI is InChI=1S/C11H13FN4/c1-2-10-11(7-13)16(15-14-10)9-5-3-4-8(12)6-9/h3-6H,2,7,13H2,1H3. The third-order valence-corrected chi connectivity index (χ3v) is 2.42. The summed E-state index contributed by atoms with van der Waals surface area (Å²) in [6, 6.07) is 6.21. The van der Waals surface area contributed by atoms with Crippen LogP contribution in [0.15, 0.2) is 24.3 Å². The molecule has 0 atom stereocenters. The molecular formula is C11H13FN4. The van der Waals surface area contributed by atoms with E-state index in [9.17, 15) is 4.39 Å². The van der Waals surface area contributed by atoms with Gasteiger partial charge in [0, 0.05) is 6.54 Å². The topological polar surface area (TPSA) is 56.7 Å². The maximum atomic E-state index is 13.1. The molecule has 16 heavy (non-hydrogen) atoms. The van der Waals surface area contributed by atoms with Crippen LogP contribution in [0.3, 0.4) is 0 Å². The first-order valence-corrected chi connectivity index (χ1v) is 5.15. The predicted octanol–water partition coefficient (Wildman–Crippen LogP) is 1.43. The van der Waals surface area contributed by atoms with Gasteiger partial charge in [-0.3, -0.25) is 0 Å². The molecule has 0 aliphatic rings. The zero-order valence-electron chi connectivity index (χ0n) is 9.02. The van der Waals surface area contributed by atoms with Crippen molar-refractivity contribution in [1.29, 1.82) is 0 Å². The molecule has 2 N–H and O–H groups in total. The minimum Gasteiger partial charge on any atom is -0.325 e. The Kier molecular flexibility index (Phi) is 2.96. The molecule has 0 radical (unpaired) electrons. The van der Waals surface area contributed by atoms with Gasteiger partial charge in [-0.1, -0.05) is 18.2 Å². The fourth-order valence-corrected chi connectivity index (χ4v) is 1.63. The smallest absolute Gasteiger partial charge is 0.125 e. The molecule has 84 valence electrons. The molecule has 1 aromatic carbocycles. The molecule has 1 aromatic heterocycles. The average Bonchev–Trinajstić information content (AvgIpc) is 2.71. The lowest BCUT2D eigenvalue weighted by Crippen LogP contribution is -2.08. The average molecular weight is 220 g/mol. The molecule has 2 aromatic rings. The van der Waals surface area contributed by atoms with Gasteiger partial charge in [-0.2, -0.15) is 0 Å². The highest BCUT2D eigenvalue weighted by atomic mass is 19.1. The fourth-order valence-electron chi connectivity index (χ4n) is 1.63. The summed E-state index contributed by atoms with van der Waals surface area (Å²) in [5, 5.41) is 8.01. The Balaban J connectivity index is 2.51. The summed E-state index contributed by atoms with van der Waals surface area (Å²) in [5.74, 6) is -0.297. The Morgan fingerprint density at radius 3 is 2.88 bits per heavy atom. The number of aromatic nitrogens is 3. The molecule has 0 spiro atoms. The van der Waals surface area contributed by atoms with Gasteiger partial charge in [0.05, 0.1) is 17.1 Å². The molecule has 1 heterocycles. The lowest BCUT2D eigenvalue weighted by Gasteiger charge is -2.05. The lowest BCUT2D eigenvalue weighted by molar-refractivity contribution is 0.624. The molecule has 0 amide bonds. The molecule has 2 rings (SSSR count). The van der Waals surface area contributed by atoms with Gasteiger partial charge in [0.15, 0.2) is 0 Å². The molecule has 0 saturated heterocycles. The van der Waals surface area contributed by atoms with Gasteiger partial charge < -0.3 is 5.73 Å². The zero-order valence-corrected chi connectivity index (χ0v) is 9.02. The first kappa shape index (κ1) is 10.8. The first-order valence-electron chi connectivity index (χ1n) is 5.15. The van der Waals surface area contributed by atoms with Gasteiger partial charge in [-0.05, 0) is 24.6 Å². The molecular weight excluding hydrogens is 207 g/mol. The van der Waals surface area contributed by atoms with E-state index in [0.29, 0.717) is 12.2 Å². The van der Waals surface area contributed by atoms with E-state index in [4.69, 9.17) is 5.73 Å². The third-order valence-electron chi connectivity index (χ3n) is 2.42. The second kappa shape index (κ2) is 4.40. The van der Waals surface area contributed by atoms with Crippen molar-refractivity contribution >= 4 is 0 Å². The van der Waals surface area contributed by atoms with Crippen LogP contribution in [0.25, 0.3) is 5.69 Å². The van der Waals surface area contributed by atoms with Gasteiger partial charge >= 0.3 is 0 Å². The molecule has 0 aliphatic carbocycles. The van der Waals surface area contributed by atoms with Gasteiger partial charge in [0.25, 0.3) is 0 Å². The van der Waals surface area contributed by atoms with Crippen molar-refractivity contribution < 1.29 is 4.39 Å². The minimum absolute atomic E-state index is 0.297. The highest BCUT2D eigenvalue weighted by Crippen LogP contribution is 2.13. The van der Waals surface area contributed by atoms with Crippen molar-refractivity contribution in [3.63, 3.8) is 0 Å². The van der Waals surface area contributed by atoms with Gasteiger partial charge in [-0.25, -0.2) is 9.07 Å². The Morgan fingerprint density at radius 2 is 2.25 bits per heavy atom. The van der Waals surface area contributed by atoms with Crippen molar-refractivity contribution in [2.45, 2.75) is 19.9 Å². The highest BCUT2D eigenvalue weighted by molar-refractivity contribution is 5.33.